The van der Waals surface area contributed by atoms with E-state index in [4.69, 9.17) is 11.6 Å². The number of benzene rings is 2. The fourth-order valence-corrected chi connectivity index (χ4v) is 3.79. The molecule has 7 heteroatoms. The molecule has 0 saturated carbocycles. The predicted molar refractivity (Wildman–Crippen MR) is 107 cm³/mol. The Hall–Kier alpha value is -2.31. The second-order valence-corrected chi connectivity index (χ2v) is 7.51. The highest BCUT2D eigenvalue weighted by molar-refractivity contribution is 9.10. The number of aromatic nitrogens is 1. The fourth-order valence-electron chi connectivity index (χ4n) is 3.13. The van der Waals surface area contributed by atoms with Gasteiger partial charge in [0.25, 0.3) is 5.91 Å². The summed E-state index contributed by atoms with van der Waals surface area (Å²) in [4.78, 5) is 29.2. The van der Waals surface area contributed by atoms with Crippen LogP contribution in [0.4, 0.5) is 11.4 Å². The molecule has 132 valence electrons. The van der Waals surface area contributed by atoms with Crippen LogP contribution < -0.4 is 10.2 Å². The Kier molecular flexibility index (Phi) is 4.46. The van der Waals surface area contributed by atoms with Crippen LogP contribution in [0.3, 0.4) is 0 Å². The number of carbonyl (C=O) groups excluding carboxylic acids is 2. The summed E-state index contributed by atoms with van der Waals surface area (Å²) in [5.74, 6) is -0.175. The molecular weight excluding hydrogens is 418 g/mol. The molecule has 0 atom stereocenters. The predicted octanol–water partition coefficient (Wildman–Crippen LogP) is 4.96. The van der Waals surface area contributed by atoms with Crippen LogP contribution in [-0.2, 0) is 4.79 Å². The quantitative estimate of drug-likeness (QED) is 0.614. The first-order chi connectivity index (χ1) is 12.5. The molecule has 1 fully saturated rings. The van der Waals surface area contributed by atoms with Crippen molar-refractivity contribution in [3.05, 3.63) is 57.7 Å². The summed E-state index contributed by atoms with van der Waals surface area (Å²) in [6.07, 6.45) is 1.38. The summed E-state index contributed by atoms with van der Waals surface area (Å²) in [6, 6.07) is 12.8. The summed E-state index contributed by atoms with van der Waals surface area (Å²) < 4.78 is 0.954. The Bertz CT molecular complexity index is 1030. The first-order valence-corrected chi connectivity index (χ1v) is 9.38. The third-order valence-electron chi connectivity index (χ3n) is 4.40. The van der Waals surface area contributed by atoms with Crippen LogP contribution in [0.15, 0.2) is 46.9 Å². The zero-order chi connectivity index (χ0) is 18.3. The number of aromatic amines is 1. The SMILES string of the molecule is O=C(Nc1ccc(N2CCCC2=O)c(Cl)c1)c1cc2cc(Br)ccc2[nH]1. The van der Waals surface area contributed by atoms with E-state index in [1.165, 1.54) is 0 Å². The molecule has 2 amide bonds. The number of fused-ring (bicyclic) bond motifs is 1. The van der Waals surface area contributed by atoms with Crippen molar-refractivity contribution in [2.75, 3.05) is 16.8 Å². The van der Waals surface area contributed by atoms with Gasteiger partial charge in [-0.2, -0.15) is 0 Å². The number of rotatable bonds is 3. The van der Waals surface area contributed by atoms with Crippen LogP contribution in [-0.4, -0.2) is 23.3 Å². The van der Waals surface area contributed by atoms with Gasteiger partial charge in [0, 0.05) is 34.0 Å². The van der Waals surface area contributed by atoms with E-state index in [1.54, 1.807) is 29.2 Å². The van der Waals surface area contributed by atoms with E-state index >= 15 is 0 Å². The van der Waals surface area contributed by atoms with Crippen LogP contribution in [0, 0.1) is 0 Å². The van der Waals surface area contributed by atoms with Gasteiger partial charge in [0.15, 0.2) is 0 Å². The van der Waals surface area contributed by atoms with Crippen LogP contribution >= 0.6 is 27.5 Å². The third kappa shape index (κ3) is 3.22. The largest absolute Gasteiger partial charge is 0.351 e. The number of halogens is 2. The molecular formula is C19H15BrClN3O2. The van der Waals surface area contributed by atoms with E-state index in [1.807, 2.05) is 18.2 Å². The van der Waals surface area contributed by atoms with Gasteiger partial charge in [-0.15, -0.1) is 0 Å². The summed E-state index contributed by atoms with van der Waals surface area (Å²) in [7, 11) is 0. The summed E-state index contributed by atoms with van der Waals surface area (Å²) in [5.41, 5.74) is 2.62. The Morgan fingerprint density at radius 2 is 2.04 bits per heavy atom. The molecule has 0 aliphatic carbocycles. The maximum absolute atomic E-state index is 12.5. The summed E-state index contributed by atoms with van der Waals surface area (Å²) in [6.45, 7) is 0.675. The van der Waals surface area contributed by atoms with Crippen molar-refractivity contribution in [3.63, 3.8) is 0 Å². The highest BCUT2D eigenvalue weighted by atomic mass is 79.9. The van der Waals surface area contributed by atoms with E-state index in [0.29, 0.717) is 35.1 Å². The van der Waals surface area contributed by atoms with Gasteiger partial charge in [0.1, 0.15) is 5.69 Å². The van der Waals surface area contributed by atoms with Crippen molar-refractivity contribution in [2.45, 2.75) is 12.8 Å². The molecule has 0 bridgehead atoms. The highest BCUT2D eigenvalue weighted by Gasteiger charge is 2.23. The first kappa shape index (κ1) is 17.1. The Labute approximate surface area is 163 Å². The lowest BCUT2D eigenvalue weighted by Gasteiger charge is -2.18. The van der Waals surface area contributed by atoms with Gasteiger partial charge in [-0.1, -0.05) is 27.5 Å². The minimum Gasteiger partial charge on any atom is -0.351 e. The zero-order valence-corrected chi connectivity index (χ0v) is 16.0. The summed E-state index contributed by atoms with van der Waals surface area (Å²) in [5, 5.41) is 4.23. The maximum atomic E-state index is 12.5. The van der Waals surface area contributed by atoms with Crippen LogP contribution in [0.5, 0.6) is 0 Å². The first-order valence-electron chi connectivity index (χ1n) is 8.21. The number of hydrogen-bond donors (Lipinski definition) is 2. The smallest absolute Gasteiger partial charge is 0.272 e. The van der Waals surface area contributed by atoms with Crippen molar-refractivity contribution in [1.82, 2.24) is 4.98 Å². The van der Waals surface area contributed by atoms with Crippen LogP contribution in [0.2, 0.25) is 5.02 Å². The van der Waals surface area contributed by atoms with E-state index < -0.39 is 0 Å². The lowest BCUT2D eigenvalue weighted by molar-refractivity contribution is -0.117. The maximum Gasteiger partial charge on any atom is 0.272 e. The van der Waals surface area contributed by atoms with Crippen molar-refractivity contribution >= 4 is 61.6 Å². The topological polar surface area (TPSA) is 65.2 Å². The Morgan fingerprint density at radius 3 is 2.77 bits per heavy atom. The van der Waals surface area contributed by atoms with Gasteiger partial charge in [-0.05, 0) is 48.9 Å². The number of H-pyrrole nitrogens is 1. The molecule has 2 heterocycles. The van der Waals surface area contributed by atoms with Crippen molar-refractivity contribution in [2.24, 2.45) is 0 Å². The van der Waals surface area contributed by atoms with Gasteiger partial charge >= 0.3 is 0 Å². The Balaban J connectivity index is 1.55. The third-order valence-corrected chi connectivity index (χ3v) is 5.19. The molecule has 2 N–H and O–H groups in total. The normalized spacial score (nSPS) is 14.2. The average Bonchev–Trinajstić information content (AvgIpc) is 3.21. The molecule has 0 unspecified atom stereocenters. The number of amides is 2. The molecule has 2 aromatic carbocycles. The second-order valence-electron chi connectivity index (χ2n) is 6.18. The number of carbonyl (C=O) groups is 2. The van der Waals surface area contributed by atoms with Crippen LogP contribution in [0.1, 0.15) is 23.3 Å². The second kappa shape index (κ2) is 6.78. The minimum absolute atomic E-state index is 0.0768. The molecule has 1 aliphatic rings. The van der Waals surface area contributed by atoms with Crippen molar-refractivity contribution < 1.29 is 9.59 Å². The van der Waals surface area contributed by atoms with E-state index in [0.717, 1.165) is 21.8 Å². The van der Waals surface area contributed by atoms with E-state index in [-0.39, 0.29) is 11.8 Å². The molecule has 1 aliphatic heterocycles. The van der Waals surface area contributed by atoms with E-state index in [9.17, 15) is 9.59 Å². The average molecular weight is 433 g/mol. The molecule has 1 saturated heterocycles. The molecule has 4 rings (SSSR count). The number of anilines is 2. The van der Waals surface area contributed by atoms with Crippen LogP contribution in [0.25, 0.3) is 10.9 Å². The number of nitrogens with one attached hydrogen (secondary N) is 2. The van der Waals surface area contributed by atoms with Crippen molar-refractivity contribution in [3.8, 4) is 0 Å². The van der Waals surface area contributed by atoms with Crippen molar-refractivity contribution in [1.29, 1.82) is 0 Å². The lowest BCUT2D eigenvalue weighted by atomic mass is 10.2. The zero-order valence-electron chi connectivity index (χ0n) is 13.7. The summed E-state index contributed by atoms with van der Waals surface area (Å²) >= 11 is 9.75. The monoisotopic (exact) mass is 431 g/mol. The molecule has 0 spiro atoms. The van der Waals surface area contributed by atoms with Gasteiger partial charge in [-0.25, -0.2) is 0 Å². The molecule has 0 radical (unpaired) electrons. The van der Waals surface area contributed by atoms with Gasteiger partial charge < -0.3 is 15.2 Å². The Morgan fingerprint density at radius 1 is 1.19 bits per heavy atom. The lowest BCUT2D eigenvalue weighted by Crippen LogP contribution is -2.24. The van der Waals surface area contributed by atoms with Gasteiger partial charge in [-0.3, -0.25) is 9.59 Å². The van der Waals surface area contributed by atoms with E-state index in [2.05, 4.69) is 26.2 Å². The van der Waals surface area contributed by atoms with Gasteiger partial charge in [0.05, 0.1) is 10.7 Å². The number of hydrogen-bond acceptors (Lipinski definition) is 2. The minimum atomic E-state index is -0.251. The highest BCUT2D eigenvalue weighted by Crippen LogP contribution is 2.32. The molecule has 3 aromatic rings. The fraction of sp³-hybridized carbons (Fsp3) is 0.158. The molecule has 26 heavy (non-hydrogen) atoms. The standard InChI is InChI=1S/C19H15BrClN3O2/c20-12-3-5-15-11(8-12)9-16(23-15)19(26)22-13-4-6-17(14(21)10-13)24-7-1-2-18(24)25/h3-6,8-10,23H,1-2,7H2,(H,22,26). The van der Waals surface area contributed by atoms with Gasteiger partial charge in [0.2, 0.25) is 5.91 Å². The molecule has 5 nitrogen and oxygen atoms in total. The number of nitrogens with zero attached hydrogens (tertiary/aromatic N) is 1. The molecule has 1 aromatic heterocycles.